The van der Waals surface area contributed by atoms with Crippen LogP contribution in [0.15, 0.2) is 11.6 Å². The van der Waals surface area contributed by atoms with Crippen molar-refractivity contribution in [2.75, 3.05) is 12.4 Å². The Hall–Kier alpha value is -0.400. The maximum Gasteiger partial charge on any atom is 0.124 e. The zero-order valence-corrected chi connectivity index (χ0v) is 31.1. The topological polar surface area (TPSA) is 90.4 Å². The average molecular weight is 630 g/mol. The molecule has 13 atom stereocenters. The standard InChI is InChI=1S/C38H67N3O2S/c1-23(2)24(3)33(8)17-18-35(10)26-13-14-29-34(9)22-44-25(4)38(29,27(26)15-16-36(35,11)30(33)20-42)19-28(41-40)31(34)43-21-37(12,39)32(5,6)7/h15,20,23-26,28-31,41H,13-14,16-19,21-22,39-40H2,1-12H3/t24-,25+,26+,28-,29+,30-,31+,33-,34-,35-,36+,37+,38+/m1/s1. The SMILES string of the molecule is CC(C)[C@@H](C)[C@@]1(C)CC[C@]2(C)[C@H]3CC[C@H]4[C@@]5(C)CS[C@@H](C)[C@@]4(C[C@@H](NN)[C@@H]5OC[C@](C)(N)C(C)(C)C)C3=CC[C@@]2(C)[C@@H]1C=O. The van der Waals surface area contributed by atoms with Gasteiger partial charge >= 0.3 is 0 Å². The zero-order valence-electron chi connectivity index (χ0n) is 30.3. The number of fused-ring (bicyclic) bond motifs is 3. The van der Waals surface area contributed by atoms with Gasteiger partial charge in [0.25, 0.3) is 0 Å². The Morgan fingerprint density at radius 3 is 2.32 bits per heavy atom. The number of allylic oxidation sites excluding steroid dienone is 2. The summed E-state index contributed by atoms with van der Waals surface area (Å²) in [7, 11) is 0. The molecule has 44 heavy (non-hydrogen) atoms. The fraction of sp³-hybridized carbons (Fsp3) is 0.921. The normalized spacial score (nSPS) is 49.2. The highest BCUT2D eigenvalue weighted by Crippen LogP contribution is 2.76. The molecule has 0 amide bonds. The molecule has 4 fully saturated rings. The number of nitrogens with two attached hydrogens (primary N) is 2. The number of hydrogen-bond acceptors (Lipinski definition) is 6. The second-order valence-corrected chi connectivity index (χ2v) is 20.2. The summed E-state index contributed by atoms with van der Waals surface area (Å²) >= 11 is 2.16. The summed E-state index contributed by atoms with van der Waals surface area (Å²) < 4.78 is 6.96. The monoisotopic (exact) mass is 629 g/mol. The van der Waals surface area contributed by atoms with Crippen LogP contribution in [-0.2, 0) is 9.53 Å². The smallest absolute Gasteiger partial charge is 0.124 e. The fourth-order valence-corrected chi connectivity index (χ4v) is 13.4. The number of thioether (sulfide) groups is 1. The van der Waals surface area contributed by atoms with Crippen molar-refractivity contribution in [3.8, 4) is 0 Å². The molecule has 6 heteroatoms. The van der Waals surface area contributed by atoms with Crippen molar-refractivity contribution < 1.29 is 9.53 Å². The number of rotatable bonds is 7. The van der Waals surface area contributed by atoms with Crippen LogP contribution >= 0.6 is 11.8 Å². The summed E-state index contributed by atoms with van der Waals surface area (Å²) in [6.45, 7) is 28.9. The van der Waals surface area contributed by atoms with Crippen molar-refractivity contribution in [3.63, 3.8) is 0 Å². The van der Waals surface area contributed by atoms with Crippen LogP contribution in [-0.4, -0.2) is 41.6 Å². The van der Waals surface area contributed by atoms with Gasteiger partial charge in [-0.15, -0.1) is 0 Å². The number of aldehydes is 1. The summed E-state index contributed by atoms with van der Waals surface area (Å²) in [6, 6.07) is 0.0698. The van der Waals surface area contributed by atoms with E-state index in [1.807, 2.05) is 0 Å². The minimum absolute atomic E-state index is 0.00292. The van der Waals surface area contributed by atoms with E-state index >= 15 is 0 Å². The van der Waals surface area contributed by atoms with Gasteiger partial charge in [0, 0.05) is 39.3 Å². The summed E-state index contributed by atoms with van der Waals surface area (Å²) in [6.07, 6.45) is 10.9. The van der Waals surface area contributed by atoms with Crippen LogP contribution in [0.4, 0.5) is 0 Å². The predicted molar refractivity (Wildman–Crippen MR) is 186 cm³/mol. The molecule has 0 spiro atoms. The maximum absolute atomic E-state index is 13.2. The average Bonchev–Trinajstić information content (AvgIpc) is 2.94. The molecule has 1 heterocycles. The largest absolute Gasteiger partial charge is 0.374 e. The van der Waals surface area contributed by atoms with Crippen LogP contribution in [0.3, 0.4) is 0 Å². The second-order valence-electron chi connectivity index (χ2n) is 18.9. The van der Waals surface area contributed by atoms with E-state index in [-0.39, 0.29) is 50.6 Å². The first kappa shape index (κ1) is 34.9. The lowest BCUT2D eigenvalue weighted by Gasteiger charge is -2.72. The number of hydrazine groups is 1. The Morgan fingerprint density at radius 2 is 1.75 bits per heavy atom. The third-order valence-corrected chi connectivity index (χ3v) is 17.8. The molecular weight excluding hydrogens is 563 g/mol. The molecule has 0 unspecified atom stereocenters. The molecular formula is C38H67N3O2S. The minimum atomic E-state index is -0.438. The van der Waals surface area contributed by atoms with Crippen LogP contribution in [0.25, 0.3) is 0 Å². The summed E-state index contributed by atoms with van der Waals surface area (Å²) in [5, 5.41) is 0.519. The third-order valence-electron chi connectivity index (χ3n) is 16.1. The number of nitrogens with one attached hydrogen (secondary N) is 1. The van der Waals surface area contributed by atoms with Gasteiger partial charge in [0.15, 0.2) is 0 Å². The zero-order chi connectivity index (χ0) is 32.9. The summed E-state index contributed by atoms with van der Waals surface area (Å²) in [4.78, 5) is 13.2. The van der Waals surface area contributed by atoms with Gasteiger partial charge in [-0.05, 0) is 90.8 Å². The van der Waals surface area contributed by atoms with E-state index in [0.717, 1.165) is 25.0 Å². The third kappa shape index (κ3) is 4.56. The van der Waals surface area contributed by atoms with E-state index in [1.54, 1.807) is 5.57 Å². The van der Waals surface area contributed by atoms with Gasteiger partial charge < -0.3 is 15.3 Å². The number of ether oxygens (including phenoxy) is 1. The van der Waals surface area contributed by atoms with Crippen LogP contribution in [0.1, 0.15) is 122 Å². The van der Waals surface area contributed by atoms with Gasteiger partial charge in [-0.3, -0.25) is 11.3 Å². The highest BCUT2D eigenvalue weighted by molar-refractivity contribution is 8.00. The second kappa shape index (κ2) is 11.1. The van der Waals surface area contributed by atoms with Crippen molar-refractivity contribution in [3.05, 3.63) is 11.6 Å². The molecule has 2 bridgehead atoms. The van der Waals surface area contributed by atoms with E-state index in [4.69, 9.17) is 16.3 Å². The van der Waals surface area contributed by atoms with Gasteiger partial charge in [0.05, 0.1) is 12.7 Å². The Bertz CT molecular complexity index is 1150. The van der Waals surface area contributed by atoms with Gasteiger partial charge in [-0.25, -0.2) is 0 Å². The molecule has 0 aromatic carbocycles. The van der Waals surface area contributed by atoms with Crippen molar-refractivity contribution in [1.82, 2.24) is 5.43 Å². The Labute approximate surface area is 274 Å². The summed E-state index contributed by atoms with van der Waals surface area (Å²) in [5.41, 5.74) is 11.5. The summed E-state index contributed by atoms with van der Waals surface area (Å²) in [5.74, 6) is 9.75. The van der Waals surface area contributed by atoms with Crippen LogP contribution in [0.5, 0.6) is 0 Å². The molecule has 1 aliphatic heterocycles. The molecule has 5 N–H and O–H groups in total. The molecule has 0 radical (unpaired) electrons. The number of hydrogen-bond donors (Lipinski definition) is 3. The molecule has 252 valence electrons. The highest BCUT2D eigenvalue weighted by Gasteiger charge is 2.71. The molecule has 0 aromatic rings. The molecule has 5 aliphatic rings. The van der Waals surface area contributed by atoms with E-state index in [2.05, 4.69) is 106 Å². The van der Waals surface area contributed by atoms with Crippen LogP contribution in [0, 0.1) is 62.1 Å². The Kier molecular flexibility index (Phi) is 8.79. The van der Waals surface area contributed by atoms with Crippen molar-refractivity contribution >= 4 is 18.0 Å². The van der Waals surface area contributed by atoms with Crippen molar-refractivity contribution in [2.45, 2.75) is 145 Å². The quantitative estimate of drug-likeness (QED) is 0.115. The van der Waals surface area contributed by atoms with Crippen LogP contribution < -0.4 is 17.0 Å². The lowest BCUT2D eigenvalue weighted by molar-refractivity contribution is -0.191. The Morgan fingerprint density at radius 1 is 1.09 bits per heavy atom. The first-order chi connectivity index (χ1) is 20.2. The maximum atomic E-state index is 13.2. The van der Waals surface area contributed by atoms with E-state index < -0.39 is 5.54 Å². The fourth-order valence-electron chi connectivity index (χ4n) is 11.7. The molecule has 3 saturated carbocycles. The molecule has 4 aliphatic carbocycles. The van der Waals surface area contributed by atoms with E-state index in [1.165, 1.54) is 25.5 Å². The molecule has 0 aromatic heterocycles. The Balaban J connectivity index is 1.56. The van der Waals surface area contributed by atoms with E-state index in [9.17, 15) is 4.79 Å². The molecule has 5 rings (SSSR count). The molecule has 5 nitrogen and oxygen atoms in total. The first-order valence-corrected chi connectivity index (χ1v) is 18.9. The van der Waals surface area contributed by atoms with Crippen LogP contribution in [0.2, 0.25) is 0 Å². The first-order valence-electron chi connectivity index (χ1n) is 17.9. The van der Waals surface area contributed by atoms with Gasteiger partial charge in [-0.1, -0.05) is 87.8 Å². The molecule has 1 saturated heterocycles. The van der Waals surface area contributed by atoms with Crippen molar-refractivity contribution in [1.29, 1.82) is 0 Å². The minimum Gasteiger partial charge on any atom is -0.374 e. The predicted octanol–water partition coefficient (Wildman–Crippen LogP) is 7.77. The van der Waals surface area contributed by atoms with Gasteiger partial charge in [0.2, 0.25) is 0 Å². The van der Waals surface area contributed by atoms with Gasteiger partial charge in [-0.2, -0.15) is 11.8 Å². The highest BCUT2D eigenvalue weighted by atomic mass is 32.2. The van der Waals surface area contributed by atoms with Crippen molar-refractivity contribution in [2.24, 2.45) is 73.7 Å². The number of carbonyl (C=O) groups is 1. The number of carbonyl (C=O) groups excluding carboxylic acids is 1. The van der Waals surface area contributed by atoms with Gasteiger partial charge in [0.1, 0.15) is 6.29 Å². The lowest BCUT2D eigenvalue weighted by atomic mass is 9.34. The lowest BCUT2D eigenvalue weighted by Crippen LogP contribution is -2.72. The van der Waals surface area contributed by atoms with E-state index in [0.29, 0.717) is 35.5 Å².